The molecule has 0 aliphatic rings. The van der Waals surface area contributed by atoms with E-state index in [-0.39, 0.29) is 0 Å². The van der Waals surface area contributed by atoms with Crippen molar-refractivity contribution in [2.45, 2.75) is 41.6 Å². The van der Waals surface area contributed by atoms with Crippen molar-refractivity contribution < 1.29 is 87.6 Å². The van der Waals surface area contributed by atoms with Crippen LogP contribution in [0.5, 0.6) is 0 Å². The Morgan fingerprint density at radius 1 is 0.448 bits per heavy atom. The Kier molecular flexibility index (Phi) is 6.08. The molecule has 1 atom stereocenters. The smallest absolute Gasteiger partial charge is 0.458 e. The quantitative estimate of drug-likeness (QED) is 0.417. The van der Waals surface area contributed by atoms with Gasteiger partial charge < -0.3 is 4.55 Å². The van der Waals surface area contributed by atoms with Gasteiger partial charge in [0.15, 0.2) is 0 Å². The van der Waals surface area contributed by atoms with Gasteiger partial charge >= 0.3 is 47.0 Å². The summed E-state index contributed by atoms with van der Waals surface area (Å²) in [6.45, 7) is 0. The van der Waals surface area contributed by atoms with Crippen molar-refractivity contribution in [2.24, 2.45) is 5.41 Å². The van der Waals surface area contributed by atoms with Crippen LogP contribution in [0.15, 0.2) is 0 Å². The summed E-state index contributed by atoms with van der Waals surface area (Å²) < 4.78 is 248. The molecule has 29 heavy (non-hydrogen) atoms. The van der Waals surface area contributed by atoms with Crippen LogP contribution in [0.1, 0.15) is 0 Å². The van der Waals surface area contributed by atoms with Crippen molar-refractivity contribution in [2.75, 3.05) is 0 Å². The van der Waals surface area contributed by atoms with E-state index in [0.717, 1.165) is 0 Å². The van der Waals surface area contributed by atoms with Crippen molar-refractivity contribution in [3.05, 3.63) is 0 Å². The monoisotopic (exact) mass is 499 g/mol. The third kappa shape index (κ3) is 3.26. The van der Waals surface area contributed by atoms with Gasteiger partial charge in [0.25, 0.3) is 0 Å². The van der Waals surface area contributed by atoms with E-state index in [1.165, 1.54) is 0 Å². The molecule has 0 N–H and O–H groups in total. The van der Waals surface area contributed by atoms with E-state index < -0.39 is 57.1 Å². The summed E-state index contributed by atoms with van der Waals surface area (Å²) in [7, 11) is -9.06. The molecule has 1 unspecified atom stereocenters. The third-order valence-electron chi connectivity index (χ3n) is 3.25. The molecule has 3 nitrogen and oxygen atoms in total. The fourth-order valence-electron chi connectivity index (χ4n) is 1.95. The van der Waals surface area contributed by atoms with Crippen LogP contribution in [0.2, 0.25) is 0 Å². The molecular formula is C8F17O3S-. The van der Waals surface area contributed by atoms with Crippen molar-refractivity contribution >= 4 is 10.1 Å². The van der Waals surface area contributed by atoms with Crippen molar-refractivity contribution in [3.8, 4) is 0 Å². The highest BCUT2D eigenvalue weighted by molar-refractivity contribution is 7.87. The van der Waals surface area contributed by atoms with Gasteiger partial charge in [0, 0.05) is 0 Å². The Labute approximate surface area is 146 Å². The lowest BCUT2D eigenvalue weighted by Gasteiger charge is -2.49. The number of halogens is 17. The Bertz CT molecular complexity index is 686. The molecule has 0 aliphatic heterocycles. The molecule has 0 bridgehead atoms. The topological polar surface area (TPSA) is 57.2 Å². The molecule has 0 amide bonds. The molecule has 0 spiro atoms. The van der Waals surface area contributed by atoms with Crippen LogP contribution in [0.25, 0.3) is 0 Å². The summed E-state index contributed by atoms with van der Waals surface area (Å²) >= 11 is 0. The van der Waals surface area contributed by atoms with Crippen LogP contribution in [-0.4, -0.2) is 54.5 Å². The lowest BCUT2D eigenvalue weighted by Crippen LogP contribution is -2.79. The molecule has 0 rings (SSSR count). The first-order chi connectivity index (χ1) is 12.0. The van der Waals surface area contributed by atoms with E-state index >= 15 is 0 Å². The average Bonchev–Trinajstić information content (AvgIpc) is 2.28. The molecule has 0 radical (unpaired) electrons. The highest BCUT2D eigenvalue weighted by Gasteiger charge is 3.01. The zero-order valence-electron chi connectivity index (χ0n) is 12.1. The van der Waals surface area contributed by atoms with Crippen LogP contribution in [-0.2, 0) is 10.1 Å². The molecule has 0 aromatic carbocycles. The number of hydrogen-bond donors (Lipinski definition) is 0. The van der Waals surface area contributed by atoms with E-state index in [4.69, 9.17) is 0 Å². The number of rotatable bonds is 4. The van der Waals surface area contributed by atoms with E-state index in [2.05, 4.69) is 0 Å². The van der Waals surface area contributed by atoms with E-state index in [9.17, 15) is 87.6 Å². The van der Waals surface area contributed by atoms with E-state index in [1.807, 2.05) is 0 Å². The summed E-state index contributed by atoms with van der Waals surface area (Å²) in [5.41, 5.74) is -9.19. The van der Waals surface area contributed by atoms with Crippen LogP contribution < -0.4 is 0 Å². The first kappa shape index (κ1) is 27.7. The van der Waals surface area contributed by atoms with Crippen LogP contribution in [0.3, 0.4) is 0 Å². The van der Waals surface area contributed by atoms with Crippen molar-refractivity contribution in [1.29, 1.82) is 0 Å². The molecule has 0 aromatic heterocycles. The Morgan fingerprint density at radius 3 is 0.828 bits per heavy atom. The maximum Gasteiger partial charge on any atom is 0.458 e. The minimum atomic E-state index is -9.37. The van der Waals surface area contributed by atoms with Gasteiger partial charge in [-0.05, 0) is 0 Å². The highest BCUT2D eigenvalue weighted by Crippen LogP contribution is 2.72. The van der Waals surface area contributed by atoms with Crippen molar-refractivity contribution in [1.82, 2.24) is 0 Å². The summed E-state index contributed by atoms with van der Waals surface area (Å²) in [5, 5.41) is -8.97. The van der Waals surface area contributed by atoms with Gasteiger partial charge in [0.1, 0.15) is 10.1 Å². The van der Waals surface area contributed by atoms with E-state index in [0.29, 0.717) is 0 Å². The predicted octanol–water partition coefficient (Wildman–Crippen LogP) is 4.70. The maximum absolute atomic E-state index is 13.8. The molecule has 176 valence electrons. The first-order valence-corrected chi connectivity index (χ1v) is 7.08. The Hall–Kier alpha value is -1.28. The lowest BCUT2D eigenvalue weighted by molar-refractivity contribution is -0.495. The summed E-state index contributed by atoms with van der Waals surface area (Å²) in [6, 6.07) is 0. The second-order valence-electron chi connectivity index (χ2n) is 4.94. The fraction of sp³-hybridized carbons (Fsp3) is 1.00. The molecule has 21 heteroatoms. The average molecular weight is 499 g/mol. The molecule has 0 aliphatic carbocycles. The molecule has 0 heterocycles. The largest absolute Gasteiger partial charge is 0.745 e. The van der Waals surface area contributed by atoms with Crippen molar-refractivity contribution in [3.63, 3.8) is 0 Å². The minimum absolute atomic E-state index is 8.18. The predicted molar refractivity (Wildman–Crippen MR) is 50.1 cm³/mol. The Morgan fingerprint density at radius 2 is 0.690 bits per heavy atom. The van der Waals surface area contributed by atoms with Crippen LogP contribution >= 0.6 is 0 Å². The summed E-state index contributed by atoms with van der Waals surface area (Å²) in [4.78, 5) is 0. The van der Waals surface area contributed by atoms with Gasteiger partial charge in [-0.2, -0.15) is 70.2 Å². The normalized spacial score (nSPS) is 18.6. The molecule has 0 fully saturated rings. The summed E-state index contributed by atoms with van der Waals surface area (Å²) in [6.07, 6.45) is -34.3. The van der Waals surface area contributed by atoms with Gasteiger partial charge in [-0.3, -0.25) is 0 Å². The van der Waals surface area contributed by atoms with Gasteiger partial charge in [-0.1, -0.05) is 0 Å². The number of alkyl halides is 17. The lowest BCUT2D eigenvalue weighted by atomic mass is 9.74. The standard InChI is InChI=1S/C8HF17O3S/c9-2(10,1(5(14,15)16,6(17,18)19)7(20,21)22)4(13,29(26,27)28)3(11,12)8(23,24)25/h(H,26,27,28)/p-1. The van der Waals surface area contributed by atoms with Gasteiger partial charge in [0.05, 0.1) is 0 Å². The fourth-order valence-corrected chi connectivity index (χ4v) is 2.85. The SMILES string of the molecule is O=S(=O)([O-])C(F)(C(F)(F)C(F)(F)F)C(F)(F)C(C(F)(F)F)(C(F)(F)F)C(F)(F)F. The van der Waals surface area contributed by atoms with E-state index in [1.54, 1.807) is 0 Å². The molecule has 0 saturated carbocycles. The molecular weight excluding hydrogens is 499 g/mol. The van der Waals surface area contributed by atoms with Gasteiger partial charge in [-0.25, -0.2) is 12.8 Å². The first-order valence-electron chi connectivity index (χ1n) is 5.67. The third-order valence-corrected chi connectivity index (χ3v) is 4.46. The zero-order chi connectivity index (χ0) is 24.5. The second-order valence-corrected chi connectivity index (χ2v) is 6.41. The highest BCUT2D eigenvalue weighted by atomic mass is 32.2. The van der Waals surface area contributed by atoms with Gasteiger partial charge in [-0.15, -0.1) is 0 Å². The Balaban J connectivity index is 8.03. The molecule has 0 saturated heterocycles. The van der Waals surface area contributed by atoms with Gasteiger partial charge in [0.2, 0.25) is 0 Å². The maximum atomic E-state index is 13.8. The summed E-state index contributed by atoms with van der Waals surface area (Å²) in [5.74, 6) is -18.1. The number of hydrogen-bond acceptors (Lipinski definition) is 3. The van der Waals surface area contributed by atoms with Crippen LogP contribution in [0.4, 0.5) is 74.6 Å². The minimum Gasteiger partial charge on any atom is -0.745 e. The molecule has 0 aromatic rings. The zero-order valence-corrected chi connectivity index (χ0v) is 12.9. The second kappa shape index (κ2) is 6.36. The van der Waals surface area contributed by atoms with Crippen LogP contribution in [0, 0.1) is 5.41 Å².